The molecule has 3 N–H and O–H groups in total. The molecule has 0 unspecified atom stereocenters. The summed E-state index contributed by atoms with van der Waals surface area (Å²) in [7, 11) is 0. The molecule has 4 aliphatic carbocycles. The zero-order valence-corrected chi connectivity index (χ0v) is 22.3. The molecule has 38 heavy (non-hydrogen) atoms. The van der Waals surface area contributed by atoms with E-state index in [0.717, 1.165) is 44.2 Å². The summed E-state index contributed by atoms with van der Waals surface area (Å²) in [5.41, 5.74) is 3.21. The second-order valence-electron chi connectivity index (χ2n) is 12.0. The van der Waals surface area contributed by atoms with E-state index in [1.165, 1.54) is 12.5 Å². The zero-order valence-electron chi connectivity index (χ0n) is 22.3. The first kappa shape index (κ1) is 28.3. The van der Waals surface area contributed by atoms with Crippen LogP contribution in [0.15, 0.2) is 23.4 Å². The van der Waals surface area contributed by atoms with Crippen molar-refractivity contribution >= 4 is 23.6 Å². The highest BCUT2D eigenvalue weighted by Gasteiger charge is 2.65. The maximum absolute atomic E-state index is 12.4. The molecular weight excluding hydrogens is 492 g/mol. The van der Waals surface area contributed by atoms with E-state index in [1.54, 1.807) is 0 Å². The number of fused-ring (bicyclic) bond motifs is 5. The average molecular weight is 531 g/mol. The van der Waals surface area contributed by atoms with Gasteiger partial charge in [-0.25, -0.2) is 0 Å². The molecule has 4 rings (SSSR count). The minimum absolute atomic E-state index is 0.0234. The van der Waals surface area contributed by atoms with E-state index in [2.05, 4.69) is 30.7 Å². The number of carboxylic acids is 2. The fourth-order valence-corrected chi connectivity index (χ4v) is 8.01. The Morgan fingerprint density at radius 3 is 2.50 bits per heavy atom. The molecule has 0 aromatic heterocycles. The van der Waals surface area contributed by atoms with Gasteiger partial charge in [-0.05, 0) is 94.0 Å². The number of aliphatic carboxylic acids is 2. The average Bonchev–Trinajstić information content (AvgIpc) is 3.13. The molecule has 0 radical (unpaired) electrons. The summed E-state index contributed by atoms with van der Waals surface area (Å²) in [6, 6.07) is -1.44. The van der Waals surface area contributed by atoms with Crippen molar-refractivity contribution in [3.63, 3.8) is 0 Å². The largest absolute Gasteiger partial charge is 0.550 e. The molecule has 10 nitrogen and oxygen atoms in total. The Labute approximate surface area is 222 Å². The molecule has 0 bridgehead atoms. The van der Waals surface area contributed by atoms with Gasteiger partial charge < -0.3 is 30.2 Å². The van der Waals surface area contributed by atoms with Crippen LogP contribution in [0, 0.1) is 28.6 Å². The second kappa shape index (κ2) is 10.4. The molecule has 3 fully saturated rings. The molecule has 210 valence electrons. The summed E-state index contributed by atoms with van der Waals surface area (Å²) in [6.07, 6.45) is 9.20. The maximum atomic E-state index is 12.4. The number of aliphatic hydroxyl groups is 1. The highest BCUT2D eigenvalue weighted by molar-refractivity contribution is 5.86. The van der Waals surface area contributed by atoms with Gasteiger partial charge in [-0.1, -0.05) is 25.5 Å². The molecule has 0 saturated heterocycles. The number of hydrogen-bond acceptors (Lipinski definition) is 9. The van der Waals surface area contributed by atoms with Gasteiger partial charge in [0.2, 0.25) is 5.91 Å². The molecule has 0 aliphatic heterocycles. The lowest BCUT2D eigenvalue weighted by molar-refractivity contribution is -0.310. The van der Waals surface area contributed by atoms with Gasteiger partial charge in [-0.2, -0.15) is 0 Å². The number of carbonyl (C=O) groups excluding carboxylic acids is 4. The van der Waals surface area contributed by atoms with Gasteiger partial charge >= 0.3 is 0 Å². The van der Waals surface area contributed by atoms with Crippen LogP contribution in [0.4, 0.5) is 0 Å². The maximum Gasteiger partial charge on any atom is 0.249 e. The first-order valence-corrected chi connectivity index (χ1v) is 13.5. The second-order valence-corrected chi connectivity index (χ2v) is 12.0. The van der Waals surface area contributed by atoms with E-state index < -0.39 is 42.5 Å². The van der Waals surface area contributed by atoms with Crippen LogP contribution in [-0.4, -0.2) is 47.0 Å². The molecule has 0 heterocycles. The number of ketones is 1. The number of Topliss-reactive ketones (excluding diaryl/α,β-unsaturated/α-hetero) is 1. The van der Waals surface area contributed by atoms with E-state index in [0.29, 0.717) is 24.2 Å². The number of carbonyl (C=O) groups is 4. The fraction of sp³-hybridized carbons (Fsp3) is 0.714. The van der Waals surface area contributed by atoms with Crippen molar-refractivity contribution in [2.24, 2.45) is 28.6 Å². The Balaban J connectivity index is 1.34. The number of amides is 1. The summed E-state index contributed by atoms with van der Waals surface area (Å²) in [4.78, 5) is 51.5. The Bertz CT molecular complexity index is 1070. The van der Waals surface area contributed by atoms with Gasteiger partial charge in [-0.15, -0.1) is 0 Å². The SMILES string of the molecule is CC(=O)[C@]1(O)CC[C@H]2[C@@H]3CCC4=CC(NOCC(=O)N[C@@H](CCC(=O)[O-])C(=O)[O-])=CC[C@]4(C)[C@H]3CC[C@@]21C. The van der Waals surface area contributed by atoms with Crippen molar-refractivity contribution in [3.8, 4) is 0 Å². The predicted molar refractivity (Wildman–Crippen MR) is 131 cm³/mol. The van der Waals surface area contributed by atoms with Crippen molar-refractivity contribution in [2.45, 2.75) is 90.2 Å². The molecule has 10 heteroatoms. The van der Waals surface area contributed by atoms with E-state index in [1.807, 2.05) is 6.08 Å². The van der Waals surface area contributed by atoms with E-state index in [9.17, 15) is 34.5 Å². The smallest absolute Gasteiger partial charge is 0.249 e. The number of nitrogens with one attached hydrogen (secondary N) is 2. The van der Waals surface area contributed by atoms with Crippen molar-refractivity contribution < 1.29 is 39.3 Å². The van der Waals surface area contributed by atoms with Gasteiger partial charge in [0, 0.05) is 11.4 Å². The normalized spacial score (nSPS) is 36.5. The molecule has 7 atom stereocenters. The first-order chi connectivity index (χ1) is 17.8. The van der Waals surface area contributed by atoms with Crippen molar-refractivity contribution in [2.75, 3.05) is 6.61 Å². The van der Waals surface area contributed by atoms with Crippen molar-refractivity contribution in [3.05, 3.63) is 23.4 Å². The molecule has 1 amide bonds. The molecule has 0 aromatic carbocycles. The van der Waals surface area contributed by atoms with Crippen LogP contribution in [0.3, 0.4) is 0 Å². The third-order valence-corrected chi connectivity index (χ3v) is 10.2. The Morgan fingerprint density at radius 2 is 1.84 bits per heavy atom. The highest BCUT2D eigenvalue weighted by atomic mass is 16.6. The third-order valence-electron chi connectivity index (χ3n) is 10.2. The quantitative estimate of drug-likeness (QED) is 0.331. The Kier molecular flexibility index (Phi) is 7.78. The lowest BCUT2D eigenvalue weighted by atomic mass is 9.46. The van der Waals surface area contributed by atoms with E-state index in [-0.39, 0.29) is 23.0 Å². The van der Waals surface area contributed by atoms with Crippen LogP contribution in [0.1, 0.15) is 78.6 Å². The number of rotatable bonds is 10. The molecular formula is C28H38N2O8-2. The van der Waals surface area contributed by atoms with Crippen molar-refractivity contribution in [1.82, 2.24) is 10.8 Å². The van der Waals surface area contributed by atoms with E-state index in [4.69, 9.17) is 4.84 Å². The Hall–Kier alpha value is -2.72. The zero-order chi connectivity index (χ0) is 27.9. The number of hydrogen-bond donors (Lipinski definition) is 3. The van der Waals surface area contributed by atoms with Crippen LogP contribution in [0.25, 0.3) is 0 Å². The van der Waals surface area contributed by atoms with Gasteiger partial charge in [0.05, 0.1) is 17.7 Å². The minimum Gasteiger partial charge on any atom is -0.550 e. The minimum atomic E-state index is -1.58. The Morgan fingerprint density at radius 1 is 1.13 bits per heavy atom. The molecule has 4 aliphatic rings. The number of carboxylic acid groups (broad SMARTS) is 2. The van der Waals surface area contributed by atoms with Crippen LogP contribution in [0.2, 0.25) is 0 Å². The lowest BCUT2D eigenvalue weighted by Gasteiger charge is -2.58. The summed E-state index contributed by atoms with van der Waals surface area (Å²) in [5.74, 6) is -2.57. The van der Waals surface area contributed by atoms with E-state index >= 15 is 0 Å². The summed E-state index contributed by atoms with van der Waals surface area (Å²) in [6.45, 7) is 5.48. The van der Waals surface area contributed by atoms with Crippen LogP contribution >= 0.6 is 0 Å². The fourth-order valence-electron chi connectivity index (χ4n) is 8.01. The summed E-state index contributed by atoms with van der Waals surface area (Å²) >= 11 is 0. The third kappa shape index (κ3) is 4.88. The number of allylic oxidation sites excluding steroid dienone is 3. The van der Waals surface area contributed by atoms with Crippen molar-refractivity contribution in [1.29, 1.82) is 0 Å². The standard InChI is InChI=1S/C28H40N2O8/c1-16(31)28(37)13-10-21-19-5-4-17-14-18(8-11-26(17,2)20(19)9-12-27(21,28)3)30-38-15-23(32)29-22(25(35)36)6-7-24(33)34/h8,14,19-22,30,37H,4-7,9-13,15H2,1-3H3,(H,29,32)(H,33,34)(H,35,36)/p-2/t19-,20+,21+,22+,26+,27+,28-/m1/s1. The van der Waals surface area contributed by atoms with Crippen LogP contribution < -0.4 is 21.0 Å². The van der Waals surface area contributed by atoms with Gasteiger partial charge in [-0.3, -0.25) is 19.9 Å². The highest BCUT2D eigenvalue weighted by Crippen LogP contribution is 2.67. The van der Waals surface area contributed by atoms with Crippen LogP contribution in [-0.2, 0) is 24.0 Å². The monoisotopic (exact) mass is 530 g/mol. The predicted octanol–water partition coefficient (Wildman–Crippen LogP) is 0.0491. The van der Waals surface area contributed by atoms with Crippen LogP contribution in [0.5, 0.6) is 0 Å². The molecule has 0 spiro atoms. The number of hydroxylamine groups is 1. The topological polar surface area (TPSA) is 168 Å². The summed E-state index contributed by atoms with van der Waals surface area (Å²) < 4.78 is 0. The van der Waals surface area contributed by atoms with Gasteiger partial charge in [0.25, 0.3) is 0 Å². The van der Waals surface area contributed by atoms with Gasteiger partial charge in [0.15, 0.2) is 12.4 Å². The molecule has 3 saturated carbocycles. The van der Waals surface area contributed by atoms with Gasteiger partial charge in [0.1, 0.15) is 5.60 Å². The molecule has 0 aromatic rings. The first-order valence-electron chi connectivity index (χ1n) is 13.5. The summed E-state index contributed by atoms with van der Waals surface area (Å²) in [5, 5.41) is 35.2. The lowest BCUT2D eigenvalue weighted by Crippen LogP contribution is -2.56.